The maximum atomic E-state index is 6.19. The fourth-order valence-electron chi connectivity index (χ4n) is 1.99. The normalized spacial score (nSPS) is 12.2. The minimum atomic E-state index is 0.0436. The molecule has 2 rings (SSSR count). The highest BCUT2D eigenvalue weighted by atomic mass is 79.9. The van der Waals surface area contributed by atoms with Crippen LogP contribution >= 0.6 is 39.1 Å². The van der Waals surface area contributed by atoms with Crippen molar-refractivity contribution in [2.45, 2.75) is 26.0 Å². The smallest absolute Gasteiger partial charge is 0.123 e. The van der Waals surface area contributed by atoms with Crippen LogP contribution in [0.15, 0.2) is 40.9 Å². The van der Waals surface area contributed by atoms with E-state index in [0.717, 1.165) is 21.3 Å². The van der Waals surface area contributed by atoms with Gasteiger partial charge in [0.2, 0.25) is 0 Å². The Hall–Kier alpha value is -0.740. The average molecular weight is 389 g/mol. The molecule has 0 bridgehead atoms. The summed E-state index contributed by atoms with van der Waals surface area (Å²) in [7, 11) is 0. The highest BCUT2D eigenvalue weighted by Crippen LogP contribution is 2.27. The molecule has 0 heterocycles. The lowest BCUT2D eigenvalue weighted by Gasteiger charge is -2.14. The van der Waals surface area contributed by atoms with Gasteiger partial charge in [-0.25, -0.2) is 0 Å². The Labute approximate surface area is 143 Å². The summed E-state index contributed by atoms with van der Waals surface area (Å²) in [5, 5.41) is 1.35. The summed E-state index contributed by atoms with van der Waals surface area (Å²) in [6, 6.07) is 11.3. The molecule has 1 atom stereocenters. The topological polar surface area (TPSA) is 35.2 Å². The van der Waals surface area contributed by atoms with E-state index >= 15 is 0 Å². The zero-order chi connectivity index (χ0) is 15.4. The van der Waals surface area contributed by atoms with Gasteiger partial charge >= 0.3 is 0 Å². The van der Waals surface area contributed by atoms with E-state index in [4.69, 9.17) is 33.7 Å². The van der Waals surface area contributed by atoms with Crippen molar-refractivity contribution in [3.63, 3.8) is 0 Å². The number of nitrogens with two attached hydrogens (primary N) is 1. The number of ether oxygens (including phenoxy) is 1. The zero-order valence-electron chi connectivity index (χ0n) is 11.6. The molecular formula is C16H16BrCl2NO. The van der Waals surface area contributed by atoms with E-state index < -0.39 is 0 Å². The van der Waals surface area contributed by atoms with Crippen LogP contribution in [0.5, 0.6) is 5.75 Å². The molecule has 0 radical (unpaired) electrons. The lowest BCUT2D eigenvalue weighted by molar-refractivity contribution is 0.302. The molecule has 1 unspecified atom stereocenters. The molecule has 2 aromatic carbocycles. The third-order valence-corrected chi connectivity index (χ3v) is 4.04. The van der Waals surface area contributed by atoms with Gasteiger partial charge in [-0.15, -0.1) is 0 Å². The third kappa shape index (κ3) is 4.89. The predicted molar refractivity (Wildman–Crippen MR) is 92.3 cm³/mol. The number of rotatable bonds is 5. The molecule has 5 heteroatoms. The van der Waals surface area contributed by atoms with Crippen molar-refractivity contribution >= 4 is 39.1 Å². The van der Waals surface area contributed by atoms with Crippen molar-refractivity contribution in [3.8, 4) is 5.75 Å². The molecule has 2 nitrogen and oxygen atoms in total. The Balaban J connectivity index is 2.15. The molecule has 0 aromatic heterocycles. The Morgan fingerprint density at radius 1 is 1.14 bits per heavy atom. The van der Waals surface area contributed by atoms with Gasteiger partial charge in [0.05, 0.1) is 0 Å². The first-order valence-corrected chi connectivity index (χ1v) is 8.11. The van der Waals surface area contributed by atoms with Gasteiger partial charge in [0.1, 0.15) is 12.4 Å². The first kappa shape index (κ1) is 16.6. The molecule has 0 saturated heterocycles. The highest BCUT2D eigenvalue weighted by Gasteiger charge is 2.09. The van der Waals surface area contributed by atoms with Crippen molar-refractivity contribution in [1.29, 1.82) is 0 Å². The van der Waals surface area contributed by atoms with Crippen LogP contribution in [0, 0.1) is 0 Å². The second-order valence-corrected chi connectivity index (χ2v) is 6.72. The van der Waals surface area contributed by atoms with E-state index in [2.05, 4.69) is 15.9 Å². The molecule has 2 N–H and O–H groups in total. The summed E-state index contributed by atoms with van der Waals surface area (Å²) in [5.41, 5.74) is 7.80. The molecule has 0 fully saturated rings. The van der Waals surface area contributed by atoms with Crippen LogP contribution in [-0.4, -0.2) is 6.04 Å². The maximum Gasteiger partial charge on any atom is 0.123 e. The van der Waals surface area contributed by atoms with Gasteiger partial charge in [0.25, 0.3) is 0 Å². The molecule has 0 aliphatic heterocycles. The molecule has 2 aromatic rings. The fourth-order valence-corrected chi connectivity index (χ4v) is 2.91. The monoisotopic (exact) mass is 387 g/mol. The predicted octanol–water partition coefficient (Wildman–Crippen LogP) is 5.22. The largest absolute Gasteiger partial charge is 0.489 e. The van der Waals surface area contributed by atoms with Gasteiger partial charge in [0.15, 0.2) is 0 Å². The van der Waals surface area contributed by atoms with E-state index in [1.54, 1.807) is 0 Å². The van der Waals surface area contributed by atoms with Crippen LogP contribution in [0.25, 0.3) is 0 Å². The SMILES string of the molecule is CC(N)Cc1cc(Cl)ccc1OCc1ccc(Br)cc1Cl. The number of halogens is 3. The van der Waals surface area contributed by atoms with Crippen molar-refractivity contribution < 1.29 is 4.74 Å². The minimum Gasteiger partial charge on any atom is -0.489 e. The maximum absolute atomic E-state index is 6.19. The molecule has 0 aliphatic carbocycles. The molecule has 0 aliphatic rings. The summed E-state index contributed by atoms with van der Waals surface area (Å²) < 4.78 is 6.83. The van der Waals surface area contributed by atoms with Crippen LogP contribution in [-0.2, 0) is 13.0 Å². The van der Waals surface area contributed by atoms with Crippen molar-refractivity contribution in [2.75, 3.05) is 0 Å². The van der Waals surface area contributed by atoms with Crippen LogP contribution in [0.1, 0.15) is 18.1 Å². The second-order valence-electron chi connectivity index (χ2n) is 4.96. The third-order valence-electron chi connectivity index (χ3n) is 2.96. The lowest BCUT2D eigenvalue weighted by Crippen LogP contribution is -2.18. The number of hydrogen-bond acceptors (Lipinski definition) is 2. The summed E-state index contributed by atoms with van der Waals surface area (Å²) >= 11 is 15.6. The van der Waals surface area contributed by atoms with Crippen LogP contribution in [0.4, 0.5) is 0 Å². The van der Waals surface area contributed by atoms with E-state index in [1.165, 1.54) is 0 Å². The first-order chi connectivity index (χ1) is 9.95. The van der Waals surface area contributed by atoms with Gasteiger partial charge in [-0.3, -0.25) is 0 Å². The van der Waals surface area contributed by atoms with Crippen molar-refractivity contribution in [3.05, 3.63) is 62.0 Å². The fraction of sp³-hybridized carbons (Fsp3) is 0.250. The van der Waals surface area contributed by atoms with E-state index in [9.17, 15) is 0 Å². The van der Waals surface area contributed by atoms with Crippen LogP contribution < -0.4 is 10.5 Å². The summed E-state index contributed by atoms with van der Waals surface area (Å²) in [4.78, 5) is 0. The summed E-state index contributed by atoms with van der Waals surface area (Å²) in [6.07, 6.45) is 0.712. The Kier molecular flexibility index (Phi) is 5.94. The Bertz CT molecular complexity index is 632. The van der Waals surface area contributed by atoms with Crippen LogP contribution in [0.3, 0.4) is 0 Å². The zero-order valence-corrected chi connectivity index (χ0v) is 14.7. The number of benzene rings is 2. The molecule has 0 saturated carbocycles. The van der Waals surface area contributed by atoms with Gasteiger partial charge in [-0.05, 0) is 49.2 Å². The molecule has 112 valence electrons. The molecule has 0 spiro atoms. The first-order valence-electron chi connectivity index (χ1n) is 6.56. The van der Waals surface area contributed by atoms with E-state index in [1.807, 2.05) is 43.3 Å². The van der Waals surface area contributed by atoms with Crippen LogP contribution in [0.2, 0.25) is 10.0 Å². The van der Waals surface area contributed by atoms with Gasteiger partial charge in [-0.1, -0.05) is 45.2 Å². The summed E-state index contributed by atoms with van der Waals surface area (Å²) in [5.74, 6) is 0.788. The summed E-state index contributed by atoms with van der Waals surface area (Å²) in [6.45, 7) is 2.36. The Morgan fingerprint density at radius 3 is 2.57 bits per heavy atom. The van der Waals surface area contributed by atoms with E-state index in [0.29, 0.717) is 23.1 Å². The van der Waals surface area contributed by atoms with Gasteiger partial charge < -0.3 is 10.5 Å². The van der Waals surface area contributed by atoms with Crippen molar-refractivity contribution in [1.82, 2.24) is 0 Å². The quantitative estimate of drug-likeness (QED) is 0.761. The van der Waals surface area contributed by atoms with Gasteiger partial charge in [-0.2, -0.15) is 0 Å². The minimum absolute atomic E-state index is 0.0436. The number of hydrogen-bond donors (Lipinski definition) is 1. The Morgan fingerprint density at radius 2 is 1.90 bits per heavy atom. The standard InChI is InChI=1S/C16H16BrCl2NO/c1-10(20)6-12-7-14(18)4-5-16(12)21-9-11-2-3-13(17)8-15(11)19/h2-5,7-8,10H,6,9,20H2,1H3. The van der Waals surface area contributed by atoms with Crippen molar-refractivity contribution in [2.24, 2.45) is 5.73 Å². The average Bonchev–Trinajstić information content (AvgIpc) is 2.39. The molecule has 21 heavy (non-hydrogen) atoms. The van der Waals surface area contributed by atoms with Gasteiger partial charge in [0, 0.05) is 26.1 Å². The highest BCUT2D eigenvalue weighted by molar-refractivity contribution is 9.10. The lowest BCUT2D eigenvalue weighted by atomic mass is 10.1. The second kappa shape index (κ2) is 7.50. The molecular weight excluding hydrogens is 373 g/mol. The van der Waals surface area contributed by atoms with E-state index in [-0.39, 0.29) is 6.04 Å². The molecule has 0 amide bonds.